The molecule has 3 N–H and O–H groups in total. The molecule has 2 aromatic rings. The molecule has 1 heterocycles. The zero-order valence-corrected chi connectivity index (χ0v) is 17.1. The number of aliphatic imine (C=N–C) groups is 1. The quantitative estimate of drug-likeness (QED) is 0.642. The number of rotatable bonds is 7. The molecule has 11 heteroatoms. The number of halogens is 2. The van der Waals surface area contributed by atoms with Gasteiger partial charge in [0.1, 0.15) is 5.56 Å². The molecule has 1 saturated carbocycles. The van der Waals surface area contributed by atoms with Crippen molar-refractivity contribution in [2.75, 3.05) is 12.4 Å². The maximum absolute atomic E-state index is 12.7. The van der Waals surface area contributed by atoms with E-state index in [0.29, 0.717) is 5.69 Å². The summed E-state index contributed by atoms with van der Waals surface area (Å²) in [7, 11) is -2.96. The third kappa shape index (κ3) is 4.50. The van der Waals surface area contributed by atoms with Gasteiger partial charge in [0.05, 0.1) is 10.9 Å². The Balaban J connectivity index is 1.88. The summed E-state index contributed by atoms with van der Waals surface area (Å²) >= 11 is 0. The average molecular weight is 439 g/mol. The Bertz CT molecular complexity index is 1030. The minimum Gasteiger partial charge on any atom is -0.365 e. The molecule has 1 fully saturated rings. The minimum absolute atomic E-state index is 0.0367. The van der Waals surface area contributed by atoms with Gasteiger partial charge in [-0.3, -0.25) is 9.48 Å². The number of benzene rings is 1. The Morgan fingerprint density at radius 3 is 2.57 bits per heavy atom. The number of alkyl halides is 2. The lowest BCUT2D eigenvalue weighted by Gasteiger charge is -2.29. The highest BCUT2D eigenvalue weighted by Crippen LogP contribution is 2.34. The molecule has 0 saturated heterocycles. The van der Waals surface area contributed by atoms with E-state index in [-0.39, 0.29) is 23.3 Å². The Morgan fingerprint density at radius 1 is 1.30 bits per heavy atom. The van der Waals surface area contributed by atoms with Crippen LogP contribution < -0.4 is 11.1 Å². The number of sulfone groups is 1. The molecule has 1 aliphatic rings. The third-order valence-electron chi connectivity index (χ3n) is 5.14. The Kier molecular flexibility index (Phi) is 6.49. The molecule has 0 aliphatic heterocycles. The zero-order valence-electron chi connectivity index (χ0n) is 16.3. The van der Waals surface area contributed by atoms with Crippen LogP contribution in [-0.4, -0.2) is 43.1 Å². The van der Waals surface area contributed by atoms with E-state index in [9.17, 15) is 22.0 Å². The largest absolute Gasteiger partial charge is 0.365 e. The van der Waals surface area contributed by atoms with Gasteiger partial charge in [-0.15, -0.1) is 0 Å². The number of hydrogen-bond donors (Lipinski definition) is 2. The Labute approximate surface area is 173 Å². The van der Waals surface area contributed by atoms with Crippen molar-refractivity contribution in [1.82, 2.24) is 9.78 Å². The molecule has 1 amide bonds. The summed E-state index contributed by atoms with van der Waals surface area (Å²) in [5.41, 5.74) is 6.06. The van der Waals surface area contributed by atoms with Crippen molar-refractivity contribution in [2.24, 2.45) is 16.6 Å². The van der Waals surface area contributed by atoms with Crippen LogP contribution in [0, 0.1) is 5.92 Å². The van der Waals surface area contributed by atoms with Crippen LogP contribution in [0.2, 0.25) is 0 Å². The van der Waals surface area contributed by atoms with Gasteiger partial charge < -0.3 is 16.0 Å². The smallest absolute Gasteiger partial charge is 0.341 e. The summed E-state index contributed by atoms with van der Waals surface area (Å²) in [5, 5.41) is 7.41. The molecule has 1 aliphatic carbocycles. The molecule has 1 aromatic heterocycles. The molecule has 0 radical (unpaired) electrons. The van der Waals surface area contributed by atoms with Crippen molar-refractivity contribution in [3.8, 4) is 0 Å². The van der Waals surface area contributed by atoms with Gasteiger partial charge in [0, 0.05) is 31.1 Å². The summed E-state index contributed by atoms with van der Waals surface area (Å²) < 4.78 is 50.2. The lowest BCUT2D eigenvalue weighted by molar-refractivity contribution is 0.100. The zero-order chi connectivity index (χ0) is 21.9. The molecular formula is C19H23F2N5O3S. The summed E-state index contributed by atoms with van der Waals surface area (Å²) in [6.07, 6.45) is 7.47. The summed E-state index contributed by atoms with van der Waals surface area (Å²) in [4.78, 5) is 15.6. The van der Waals surface area contributed by atoms with E-state index in [2.05, 4.69) is 15.4 Å². The monoisotopic (exact) mass is 439 g/mol. The van der Waals surface area contributed by atoms with Gasteiger partial charge in [0.2, 0.25) is 9.84 Å². The molecule has 0 bridgehead atoms. The molecule has 3 rings (SSSR count). The van der Waals surface area contributed by atoms with Crippen molar-refractivity contribution >= 4 is 33.5 Å². The van der Waals surface area contributed by atoms with E-state index >= 15 is 0 Å². The number of nitrogens with zero attached hydrogens (tertiary/aromatic N) is 3. The van der Waals surface area contributed by atoms with Crippen molar-refractivity contribution < 1.29 is 22.0 Å². The van der Waals surface area contributed by atoms with Gasteiger partial charge in [0.15, 0.2) is 5.82 Å². The summed E-state index contributed by atoms with van der Waals surface area (Å²) in [6.45, 7) is 0. The fourth-order valence-electron chi connectivity index (χ4n) is 3.64. The number of amides is 1. The molecule has 0 unspecified atom stereocenters. The molecule has 1 aromatic carbocycles. The first-order chi connectivity index (χ1) is 14.2. The maximum Gasteiger partial charge on any atom is 0.341 e. The second kappa shape index (κ2) is 8.90. The molecular weight excluding hydrogens is 416 g/mol. The van der Waals surface area contributed by atoms with Crippen LogP contribution in [0.15, 0.2) is 40.4 Å². The molecule has 2 atom stereocenters. The third-order valence-corrected chi connectivity index (χ3v) is 6.54. The van der Waals surface area contributed by atoms with Gasteiger partial charge in [0.25, 0.3) is 5.91 Å². The summed E-state index contributed by atoms with van der Waals surface area (Å²) in [6, 6.07) is 4.83. The van der Waals surface area contributed by atoms with Gasteiger partial charge in [-0.25, -0.2) is 8.42 Å². The average Bonchev–Trinajstić information content (AvgIpc) is 3.13. The molecule has 162 valence electrons. The van der Waals surface area contributed by atoms with Gasteiger partial charge in [-0.1, -0.05) is 12.8 Å². The second-order valence-electron chi connectivity index (χ2n) is 7.11. The number of carbonyl (C=O) groups is 1. The van der Waals surface area contributed by atoms with E-state index in [0.717, 1.165) is 37.8 Å². The maximum atomic E-state index is 12.7. The number of primary amides is 1. The van der Waals surface area contributed by atoms with Crippen LogP contribution in [-0.2, 0) is 9.84 Å². The lowest BCUT2D eigenvalue weighted by atomic mass is 9.85. The first-order valence-electron chi connectivity index (χ1n) is 9.44. The van der Waals surface area contributed by atoms with Gasteiger partial charge in [-0.2, -0.15) is 13.9 Å². The van der Waals surface area contributed by atoms with E-state index in [1.807, 2.05) is 6.21 Å². The van der Waals surface area contributed by atoms with E-state index in [1.165, 1.54) is 12.1 Å². The molecule has 8 nitrogen and oxygen atoms in total. The fourth-order valence-corrected chi connectivity index (χ4v) is 4.36. The van der Waals surface area contributed by atoms with Crippen LogP contribution in [0.5, 0.6) is 0 Å². The van der Waals surface area contributed by atoms with Crippen LogP contribution in [0.1, 0.15) is 42.1 Å². The van der Waals surface area contributed by atoms with Crippen molar-refractivity contribution in [3.05, 3.63) is 36.0 Å². The van der Waals surface area contributed by atoms with Crippen LogP contribution >= 0.6 is 0 Å². The number of nitrogens with two attached hydrogens (primary N) is 1. The minimum atomic E-state index is -4.68. The highest BCUT2D eigenvalue weighted by molar-refractivity contribution is 7.91. The number of nitrogens with one attached hydrogen (secondary N) is 1. The van der Waals surface area contributed by atoms with Crippen LogP contribution in [0.25, 0.3) is 0 Å². The van der Waals surface area contributed by atoms with E-state index in [4.69, 9.17) is 5.73 Å². The van der Waals surface area contributed by atoms with Gasteiger partial charge >= 0.3 is 5.76 Å². The Hall–Kier alpha value is -2.82. The topological polar surface area (TPSA) is 119 Å². The molecule has 0 spiro atoms. The van der Waals surface area contributed by atoms with E-state index in [1.54, 1.807) is 17.9 Å². The van der Waals surface area contributed by atoms with E-state index < -0.39 is 26.4 Å². The molecule has 30 heavy (non-hydrogen) atoms. The number of anilines is 2. The van der Waals surface area contributed by atoms with Crippen molar-refractivity contribution in [2.45, 2.75) is 42.4 Å². The predicted octanol–water partition coefficient (Wildman–Crippen LogP) is 3.15. The van der Waals surface area contributed by atoms with Crippen LogP contribution in [0.3, 0.4) is 0 Å². The number of aromatic nitrogens is 2. The highest BCUT2D eigenvalue weighted by atomic mass is 32.2. The first-order valence-corrected chi connectivity index (χ1v) is 11.0. The normalized spacial score (nSPS) is 20.0. The number of hydrogen-bond acceptors (Lipinski definition) is 6. The summed E-state index contributed by atoms with van der Waals surface area (Å²) in [5.74, 6) is -3.76. The standard InChI is InChI=1S/C19H23F2N5O3S/c1-23-10-12-4-2-3-5-16(12)26-11-15(17(22)27)18(25-26)24-13-6-8-14(9-7-13)30(28,29)19(20)21/h6-12,16,19H,2-5H2,1H3,(H2,22,27)(H,24,25)/t12-,16+/m1/s1. The lowest BCUT2D eigenvalue weighted by Crippen LogP contribution is -2.25. The fraction of sp³-hybridized carbons (Fsp3) is 0.421. The van der Waals surface area contributed by atoms with Crippen molar-refractivity contribution in [3.63, 3.8) is 0 Å². The Morgan fingerprint density at radius 2 is 1.97 bits per heavy atom. The van der Waals surface area contributed by atoms with Gasteiger partial charge in [-0.05, 0) is 37.1 Å². The SMILES string of the molecule is CN=C[C@H]1CCCC[C@@H]1n1cc(C(N)=O)c(Nc2ccc(S(=O)(=O)C(F)F)cc2)n1. The first kappa shape index (κ1) is 21.9. The number of carbonyl (C=O) groups excluding carboxylic acids is 1. The van der Waals surface area contributed by atoms with Crippen LogP contribution in [0.4, 0.5) is 20.3 Å². The predicted molar refractivity (Wildman–Crippen MR) is 109 cm³/mol. The highest BCUT2D eigenvalue weighted by Gasteiger charge is 2.28. The van der Waals surface area contributed by atoms with Crippen molar-refractivity contribution in [1.29, 1.82) is 0 Å². The second-order valence-corrected chi connectivity index (χ2v) is 9.03.